The van der Waals surface area contributed by atoms with Crippen LogP contribution in [0.4, 0.5) is 13.2 Å². The summed E-state index contributed by atoms with van der Waals surface area (Å²) in [5.41, 5.74) is -0.436. The molecule has 0 spiro atoms. The average molecular weight is 319 g/mol. The molecule has 0 atom stereocenters. The van der Waals surface area contributed by atoms with Crippen LogP contribution in [-0.4, -0.2) is 4.98 Å². The van der Waals surface area contributed by atoms with Gasteiger partial charge in [0.2, 0.25) is 0 Å². The van der Waals surface area contributed by atoms with E-state index in [9.17, 15) is 13.2 Å². The second kappa shape index (κ2) is 4.41. The molecule has 0 bridgehead atoms. The molecular weight excluding hydrogens is 315 g/mol. The van der Waals surface area contributed by atoms with Crippen molar-refractivity contribution in [2.75, 3.05) is 0 Å². The van der Waals surface area contributed by atoms with Gasteiger partial charge in [-0.25, -0.2) is 18.2 Å². The molecule has 72 valence electrons. The second-order valence-corrected chi connectivity index (χ2v) is 3.55. The highest BCUT2D eigenvalue weighted by atomic mass is 79.9. The number of hydrogen-bond donors (Lipinski definition) is 0. The molecule has 1 heterocycles. The van der Waals surface area contributed by atoms with E-state index in [-0.39, 0.29) is 15.5 Å². The van der Waals surface area contributed by atoms with Gasteiger partial charge in [-0.1, -0.05) is 15.9 Å². The van der Waals surface area contributed by atoms with E-state index >= 15 is 0 Å². The third-order valence-electron chi connectivity index (χ3n) is 1.46. The lowest BCUT2D eigenvalue weighted by Crippen LogP contribution is -2.00. The molecule has 0 aliphatic heterocycles. The first kappa shape index (κ1) is 11.0. The van der Waals surface area contributed by atoms with Gasteiger partial charge >= 0.3 is 0 Å². The number of rotatable bonds is 2. The van der Waals surface area contributed by atoms with Crippen molar-refractivity contribution in [1.82, 2.24) is 4.98 Å². The Morgan fingerprint density at radius 3 is 2.54 bits per heavy atom. The van der Waals surface area contributed by atoms with Gasteiger partial charge in [0.05, 0.1) is 5.56 Å². The van der Waals surface area contributed by atoms with Gasteiger partial charge in [0, 0.05) is 11.5 Å². The van der Waals surface area contributed by atoms with Gasteiger partial charge in [-0.05, 0) is 21.5 Å². The van der Waals surface area contributed by atoms with Crippen LogP contribution in [0.5, 0.6) is 0 Å². The summed E-state index contributed by atoms with van der Waals surface area (Å²) in [5, 5.41) is 0.157. The van der Waals surface area contributed by atoms with E-state index in [1.807, 2.05) is 0 Å². The van der Waals surface area contributed by atoms with E-state index in [0.29, 0.717) is 0 Å². The van der Waals surface area contributed by atoms with E-state index in [1.54, 1.807) is 0 Å². The average Bonchev–Trinajstić information content (AvgIpc) is 2.08. The summed E-state index contributed by atoms with van der Waals surface area (Å²) in [6.45, 7) is 0. The second-order valence-electron chi connectivity index (χ2n) is 2.24. The summed E-state index contributed by atoms with van der Waals surface area (Å²) in [6, 6.07) is 0. The van der Waals surface area contributed by atoms with E-state index in [1.165, 1.54) is 6.20 Å². The Morgan fingerprint density at radius 2 is 2.08 bits per heavy atom. The van der Waals surface area contributed by atoms with Crippen LogP contribution in [-0.2, 0) is 5.33 Å². The highest BCUT2D eigenvalue weighted by Crippen LogP contribution is 2.29. The number of aromatic nitrogens is 1. The normalized spacial score (nSPS) is 10.9. The minimum absolute atomic E-state index is 0.157. The van der Waals surface area contributed by atoms with Crippen molar-refractivity contribution >= 4 is 31.9 Å². The summed E-state index contributed by atoms with van der Waals surface area (Å²) in [4.78, 5) is 3.57. The van der Waals surface area contributed by atoms with Crippen LogP contribution in [0.3, 0.4) is 0 Å². The fourth-order valence-electron chi connectivity index (χ4n) is 0.855. The molecular formula is C7H4Br2F3N. The molecule has 1 aromatic rings. The molecule has 0 N–H and O–H groups in total. The van der Waals surface area contributed by atoms with Crippen LogP contribution in [0, 0.1) is 5.82 Å². The van der Waals surface area contributed by atoms with Crippen LogP contribution in [0.15, 0.2) is 10.8 Å². The Bertz CT molecular complexity index is 317. The van der Waals surface area contributed by atoms with E-state index in [2.05, 4.69) is 36.8 Å². The SMILES string of the molecule is Fc1c(Br)ncc(CBr)c1C(F)F. The molecule has 1 rings (SSSR count). The van der Waals surface area contributed by atoms with E-state index < -0.39 is 17.8 Å². The molecule has 0 radical (unpaired) electrons. The molecule has 0 aromatic carbocycles. The molecule has 1 aromatic heterocycles. The van der Waals surface area contributed by atoms with Gasteiger partial charge in [0.1, 0.15) is 4.60 Å². The smallest absolute Gasteiger partial charge is 0.246 e. The maximum absolute atomic E-state index is 13.1. The zero-order valence-corrected chi connectivity index (χ0v) is 9.37. The summed E-state index contributed by atoms with van der Waals surface area (Å²) < 4.78 is 37.6. The lowest BCUT2D eigenvalue weighted by molar-refractivity contribution is 0.145. The zero-order chi connectivity index (χ0) is 10.0. The van der Waals surface area contributed by atoms with Crippen molar-refractivity contribution in [2.45, 2.75) is 11.8 Å². The van der Waals surface area contributed by atoms with Crippen molar-refractivity contribution in [3.8, 4) is 0 Å². The fraction of sp³-hybridized carbons (Fsp3) is 0.286. The summed E-state index contributed by atoms with van der Waals surface area (Å²) in [7, 11) is 0. The van der Waals surface area contributed by atoms with Crippen LogP contribution in [0.25, 0.3) is 0 Å². The molecule has 0 aliphatic carbocycles. The molecule has 0 fully saturated rings. The highest BCUT2D eigenvalue weighted by Gasteiger charge is 2.20. The maximum Gasteiger partial charge on any atom is 0.267 e. The standard InChI is InChI=1S/C7H4Br2F3N/c8-1-3-2-13-6(9)5(10)4(3)7(11)12/h2,7H,1H2. The molecule has 0 amide bonds. The molecule has 0 saturated carbocycles. The predicted octanol–water partition coefficient (Wildman–Crippen LogP) is 3.82. The first-order valence-corrected chi connectivity index (χ1v) is 5.16. The van der Waals surface area contributed by atoms with Crippen LogP contribution in [0.2, 0.25) is 0 Å². The first-order chi connectivity index (χ1) is 6.07. The predicted molar refractivity (Wildman–Crippen MR) is 49.5 cm³/mol. The number of nitrogens with zero attached hydrogens (tertiary/aromatic N) is 1. The Balaban J connectivity index is 3.32. The van der Waals surface area contributed by atoms with Crippen LogP contribution >= 0.6 is 31.9 Å². The van der Waals surface area contributed by atoms with Crippen LogP contribution in [0.1, 0.15) is 17.6 Å². The topological polar surface area (TPSA) is 12.9 Å². The maximum atomic E-state index is 13.1. The van der Waals surface area contributed by atoms with Gasteiger partial charge in [-0.3, -0.25) is 0 Å². The number of hydrogen-bond acceptors (Lipinski definition) is 1. The zero-order valence-electron chi connectivity index (χ0n) is 6.20. The molecule has 0 unspecified atom stereocenters. The number of alkyl halides is 3. The van der Waals surface area contributed by atoms with Crippen molar-refractivity contribution in [3.63, 3.8) is 0 Å². The molecule has 0 saturated heterocycles. The Kier molecular flexibility index (Phi) is 3.73. The third-order valence-corrected chi connectivity index (χ3v) is 2.62. The van der Waals surface area contributed by atoms with Crippen molar-refractivity contribution in [3.05, 3.63) is 27.7 Å². The van der Waals surface area contributed by atoms with Gasteiger partial charge < -0.3 is 0 Å². The molecule has 6 heteroatoms. The highest BCUT2D eigenvalue weighted by molar-refractivity contribution is 9.10. The molecule has 13 heavy (non-hydrogen) atoms. The molecule has 0 aliphatic rings. The van der Waals surface area contributed by atoms with Crippen LogP contribution < -0.4 is 0 Å². The summed E-state index contributed by atoms with van der Waals surface area (Å²) in [5.74, 6) is -0.994. The third kappa shape index (κ3) is 2.22. The van der Waals surface area contributed by atoms with E-state index in [0.717, 1.165) is 0 Å². The van der Waals surface area contributed by atoms with Crippen molar-refractivity contribution in [2.24, 2.45) is 0 Å². The monoisotopic (exact) mass is 317 g/mol. The molecule has 1 nitrogen and oxygen atoms in total. The van der Waals surface area contributed by atoms with Crippen molar-refractivity contribution < 1.29 is 13.2 Å². The largest absolute Gasteiger partial charge is 0.267 e. The minimum atomic E-state index is -2.83. The van der Waals surface area contributed by atoms with E-state index in [4.69, 9.17) is 0 Å². The van der Waals surface area contributed by atoms with Gasteiger partial charge in [0.25, 0.3) is 6.43 Å². The summed E-state index contributed by atoms with van der Waals surface area (Å²) in [6.07, 6.45) is -1.62. The summed E-state index contributed by atoms with van der Waals surface area (Å²) >= 11 is 5.72. The Morgan fingerprint density at radius 1 is 1.46 bits per heavy atom. The van der Waals surface area contributed by atoms with Gasteiger partial charge in [-0.15, -0.1) is 0 Å². The lowest BCUT2D eigenvalue weighted by Gasteiger charge is -2.07. The quantitative estimate of drug-likeness (QED) is 0.597. The lowest BCUT2D eigenvalue weighted by atomic mass is 10.1. The fourth-order valence-corrected chi connectivity index (χ4v) is 1.62. The number of pyridine rings is 1. The van der Waals surface area contributed by atoms with Crippen molar-refractivity contribution in [1.29, 1.82) is 0 Å². The van der Waals surface area contributed by atoms with Gasteiger partial charge in [0.15, 0.2) is 5.82 Å². The Labute approximate surface area is 89.6 Å². The Hall–Kier alpha value is -0.100. The first-order valence-electron chi connectivity index (χ1n) is 3.24. The van der Waals surface area contributed by atoms with Gasteiger partial charge in [-0.2, -0.15) is 0 Å². The number of halogens is 5. The minimum Gasteiger partial charge on any atom is -0.246 e.